The molecule has 0 spiro atoms. The Kier molecular flexibility index (Phi) is 13.8. The summed E-state index contributed by atoms with van der Waals surface area (Å²) < 4.78 is 6.58. The molecule has 0 bridgehead atoms. The molecular formula is C27H34Cl4N4O3. The van der Waals surface area contributed by atoms with Crippen molar-refractivity contribution in [2.75, 3.05) is 26.8 Å². The van der Waals surface area contributed by atoms with Crippen molar-refractivity contribution in [1.82, 2.24) is 15.1 Å². The number of carbonyl (C=O) groups excluding carboxylic acids is 1. The zero-order valence-electron chi connectivity index (χ0n) is 21.1. The van der Waals surface area contributed by atoms with E-state index in [1.165, 1.54) is 0 Å². The third kappa shape index (κ3) is 7.72. The predicted octanol–water partition coefficient (Wildman–Crippen LogP) is 5.22. The number of carbonyl (C=O) groups is 1. The maximum Gasteiger partial charge on any atom is 0.267 e. The third-order valence-electron chi connectivity index (χ3n) is 6.92. The van der Waals surface area contributed by atoms with Crippen molar-refractivity contribution >= 4 is 54.7 Å². The minimum atomic E-state index is -0.177. The summed E-state index contributed by atoms with van der Waals surface area (Å²) in [6.45, 7) is 1.41. The van der Waals surface area contributed by atoms with Crippen molar-refractivity contribution in [1.29, 1.82) is 0 Å². The van der Waals surface area contributed by atoms with Crippen LogP contribution in [0.25, 0.3) is 11.3 Å². The maximum absolute atomic E-state index is 12.8. The summed E-state index contributed by atoms with van der Waals surface area (Å²) in [4.78, 5) is 25.2. The number of halogens is 4. The summed E-state index contributed by atoms with van der Waals surface area (Å²) in [6.07, 6.45) is 3.29. The summed E-state index contributed by atoms with van der Waals surface area (Å²) in [5.74, 6) is -0.177. The number of aromatic nitrogens is 2. The van der Waals surface area contributed by atoms with Crippen molar-refractivity contribution in [3.05, 3.63) is 87.2 Å². The van der Waals surface area contributed by atoms with Crippen LogP contribution in [0.5, 0.6) is 0 Å². The highest BCUT2D eigenvalue weighted by molar-refractivity contribution is 6.30. The van der Waals surface area contributed by atoms with Gasteiger partial charge >= 0.3 is 0 Å². The van der Waals surface area contributed by atoms with Crippen molar-refractivity contribution < 1.29 is 9.53 Å². The molecule has 1 saturated carbocycles. The van der Waals surface area contributed by atoms with Crippen LogP contribution in [0.3, 0.4) is 0 Å². The number of benzene rings is 2. The van der Waals surface area contributed by atoms with E-state index in [-0.39, 0.29) is 60.1 Å². The molecule has 1 aromatic heterocycles. The fourth-order valence-electron chi connectivity index (χ4n) is 4.86. The summed E-state index contributed by atoms with van der Waals surface area (Å²) in [7, 11) is 1.59. The lowest BCUT2D eigenvalue weighted by molar-refractivity contribution is 0.0937. The average molecular weight is 604 g/mol. The number of rotatable bonds is 8. The van der Waals surface area contributed by atoms with Gasteiger partial charge in [-0.2, -0.15) is 5.10 Å². The van der Waals surface area contributed by atoms with Crippen LogP contribution in [0, 0.1) is 0 Å². The fraction of sp³-hybridized carbons (Fsp3) is 0.370. The van der Waals surface area contributed by atoms with Crippen molar-refractivity contribution in [3.63, 3.8) is 0 Å². The lowest BCUT2D eigenvalue weighted by Gasteiger charge is -2.40. The zero-order valence-corrected chi connectivity index (χ0v) is 24.3. The Morgan fingerprint density at radius 2 is 1.82 bits per heavy atom. The number of methoxy groups -OCH3 is 1. The molecule has 11 heteroatoms. The van der Waals surface area contributed by atoms with Crippen molar-refractivity contribution in [2.24, 2.45) is 5.73 Å². The van der Waals surface area contributed by atoms with Crippen LogP contribution < -0.4 is 16.6 Å². The van der Waals surface area contributed by atoms with Crippen molar-refractivity contribution in [2.45, 2.75) is 37.1 Å². The number of nitrogens with two attached hydrogens (primary N) is 1. The number of hydrogen-bond acceptors (Lipinski definition) is 5. The summed E-state index contributed by atoms with van der Waals surface area (Å²) in [6, 6.07) is 18.4. The van der Waals surface area contributed by atoms with Gasteiger partial charge in [0.25, 0.3) is 11.5 Å². The van der Waals surface area contributed by atoms with Crippen LogP contribution in [0.4, 0.5) is 0 Å². The Labute approximate surface area is 246 Å². The second kappa shape index (κ2) is 15.5. The highest BCUT2D eigenvalue weighted by Gasteiger charge is 2.37. The van der Waals surface area contributed by atoms with Gasteiger partial charge in [-0.05, 0) is 61.6 Å². The van der Waals surface area contributed by atoms with Gasteiger partial charge in [0, 0.05) is 47.8 Å². The second-order valence-corrected chi connectivity index (χ2v) is 9.49. The lowest BCUT2D eigenvalue weighted by Crippen LogP contribution is -2.41. The molecule has 0 unspecified atom stereocenters. The first kappa shape index (κ1) is 33.9. The van der Waals surface area contributed by atoms with Gasteiger partial charge in [0.15, 0.2) is 0 Å². The molecule has 4 rings (SSSR count). The topological polar surface area (TPSA) is 99.2 Å². The van der Waals surface area contributed by atoms with E-state index in [0.29, 0.717) is 36.0 Å². The van der Waals surface area contributed by atoms with E-state index in [9.17, 15) is 9.59 Å². The van der Waals surface area contributed by atoms with Crippen molar-refractivity contribution in [3.8, 4) is 11.3 Å². The van der Waals surface area contributed by atoms with Crippen LogP contribution in [0.15, 0.2) is 65.5 Å². The molecule has 1 amide bonds. The summed E-state index contributed by atoms with van der Waals surface area (Å²) >= 11 is 6.24. The Morgan fingerprint density at radius 1 is 1.11 bits per heavy atom. The molecule has 1 aliphatic rings. The molecule has 0 radical (unpaired) electrons. The zero-order chi connectivity index (χ0) is 24.8. The highest BCUT2D eigenvalue weighted by atomic mass is 35.5. The molecule has 2 aromatic carbocycles. The summed E-state index contributed by atoms with van der Waals surface area (Å²) in [5.41, 5.74) is 9.09. The van der Waals surface area contributed by atoms with Gasteiger partial charge in [-0.3, -0.25) is 9.59 Å². The lowest BCUT2D eigenvalue weighted by atomic mass is 9.68. The van der Waals surface area contributed by atoms with E-state index in [2.05, 4.69) is 11.4 Å². The summed E-state index contributed by atoms with van der Waals surface area (Å²) in [5, 5.41) is 8.23. The maximum atomic E-state index is 12.8. The second-order valence-electron chi connectivity index (χ2n) is 9.06. The van der Waals surface area contributed by atoms with E-state index in [1.54, 1.807) is 36.1 Å². The number of amides is 1. The quantitative estimate of drug-likeness (QED) is 0.344. The molecule has 0 saturated heterocycles. The molecule has 3 aromatic rings. The highest BCUT2D eigenvalue weighted by Crippen LogP contribution is 2.42. The molecule has 1 fully saturated rings. The van der Waals surface area contributed by atoms with E-state index >= 15 is 0 Å². The third-order valence-corrected chi connectivity index (χ3v) is 7.16. The van der Waals surface area contributed by atoms with Crippen LogP contribution in [0.1, 0.15) is 47.6 Å². The van der Waals surface area contributed by atoms with Gasteiger partial charge in [-0.1, -0.05) is 35.9 Å². The Bertz CT molecular complexity index is 1250. The van der Waals surface area contributed by atoms with Gasteiger partial charge in [0.2, 0.25) is 0 Å². The Hall–Kier alpha value is -2.13. The van der Waals surface area contributed by atoms with Crippen LogP contribution in [0.2, 0.25) is 5.02 Å². The van der Waals surface area contributed by atoms with Gasteiger partial charge < -0.3 is 15.8 Å². The van der Waals surface area contributed by atoms with Crippen LogP contribution in [-0.2, 0) is 10.2 Å². The van der Waals surface area contributed by atoms with Gasteiger partial charge in [-0.15, -0.1) is 37.2 Å². The number of ether oxygens (including phenoxy) is 1. The average Bonchev–Trinajstić information content (AvgIpc) is 2.89. The van der Waals surface area contributed by atoms with Gasteiger partial charge in [-0.25, -0.2) is 4.68 Å². The normalized spacial score (nSPS) is 18.3. The fourth-order valence-corrected chi connectivity index (χ4v) is 5.05. The predicted molar refractivity (Wildman–Crippen MR) is 160 cm³/mol. The number of nitrogens with zero attached hydrogens (tertiary/aromatic N) is 2. The molecular weight excluding hydrogens is 570 g/mol. The monoisotopic (exact) mass is 602 g/mol. The molecule has 208 valence electrons. The van der Waals surface area contributed by atoms with Crippen LogP contribution in [-0.4, -0.2) is 42.5 Å². The van der Waals surface area contributed by atoms with Gasteiger partial charge in [0.1, 0.15) is 0 Å². The number of nitrogens with one attached hydrogen (secondary N) is 1. The SMILES string of the molecule is COCCNC(=O)c1cccc(-c2ccc(=O)n([C@H]3CC[C@](CN)(c4cccc(Cl)c4)CC3)n2)c1.Cl.Cl.Cl. The molecule has 38 heavy (non-hydrogen) atoms. The smallest absolute Gasteiger partial charge is 0.267 e. The van der Waals surface area contributed by atoms with Crippen LogP contribution >= 0.6 is 48.8 Å². The standard InChI is InChI=1S/C27H31ClN4O3.3ClH/c1-35-15-14-30-26(34)20-5-2-4-19(16-20)24-8-9-25(33)32(31-24)23-10-12-27(18-29,13-11-23)21-6-3-7-22(28)17-21;;;/h2-9,16-17,23H,10-15,18,29H2,1H3,(H,30,34);3*1H/t23-,27-;;;. The van der Waals surface area contributed by atoms with E-state index in [0.717, 1.165) is 36.8 Å². The first-order valence-corrected chi connectivity index (χ1v) is 12.3. The molecule has 1 aliphatic carbocycles. The molecule has 7 nitrogen and oxygen atoms in total. The largest absolute Gasteiger partial charge is 0.383 e. The number of hydrogen-bond donors (Lipinski definition) is 2. The molecule has 0 atom stereocenters. The minimum Gasteiger partial charge on any atom is -0.383 e. The molecule has 0 aliphatic heterocycles. The molecule has 3 N–H and O–H groups in total. The first-order valence-electron chi connectivity index (χ1n) is 11.9. The molecule has 1 heterocycles. The Morgan fingerprint density at radius 3 is 2.47 bits per heavy atom. The Balaban J connectivity index is 0.00000241. The van der Waals surface area contributed by atoms with E-state index in [1.807, 2.05) is 30.3 Å². The van der Waals surface area contributed by atoms with Gasteiger partial charge in [0.05, 0.1) is 18.3 Å². The van der Waals surface area contributed by atoms with E-state index in [4.69, 9.17) is 27.2 Å². The van der Waals surface area contributed by atoms with E-state index < -0.39 is 0 Å². The minimum absolute atomic E-state index is 0. The first-order chi connectivity index (χ1) is 17.0.